The molecule has 3 heterocycles. The highest BCUT2D eigenvalue weighted by Crippen LogP contribution is 2.31. The second-order valence-corrected chi connectivity index (χ2v) is 5.90. The predicted molar refractivity (Wildman–Crippen MR) is 86.8 cm³/mol. The van der Waals surface area contributed by atoms with E-state index >= 15 is 0 Å². The summed E-state index contributed by atoms with van der Waals surface area (Å²) in [5.41, 5.74) is 7.89. The van der Waals surface area contributed by atoms with Crippen LogP contribution in [0.3, 0.4) is 0 Å². The first-order valence-corrected chi connectivity index (χ1v) is 7.48. The standard InChI is InChI=1S/C18H19N3/c1-12-13(2)20-18-16(12)9-19-10-17(18)21-8-7-14-5-3-4-6-15(14)11-21/h3-6,9-10,20H,7-8,11H2,1-2H3. The van der Waals surface area contributed by atoms with Gasteiger partial charge in [0.2, 0.25) is 0 Å². The number of anilines is 1. The fourth-order valence-electron chi connectivity index (χ4n) is 3.29. The molecule has 3 aromatic rings. The molecule has 2 aromatic heterocycles. The van der Waals surface area contributed by atoms with Crippen molar-refractivity contribution in [3.8, 4) is 0 Å². The van der Waals surface area contributed by atoms with E-state index in [0.717, 1.165) is 19.5 Å². The molecule has 21 heavy (non-hydrogen) atoms. The molecule has 0 bridgehead atoms. The van der Waals surface area contributed by atoms with Gasteiger partial charge in [0.05, 0.1) is 17.4 Å². The lowest BCUT2D eigenvalue weighted by atomic mass is 9.99. The van der Waals surface area contributed by atoms with E-state index in [4.69, 9.17) is 0 Å². The number of nitrogens with zero attached hydrogens (tertiary/aromatic N) is 2. The van der Waals surface area contributed by atoms with Gasteiger partial charge in [-0.05, 0) is 37.0 Å². The third kappa shape index (κ3) is 1.92. The summed E-state index contributed by atoms with van der Waals surface area (Å²) in [6.45, 7) is 6.30. The van der Waals surface area contributed by atoms with Crippen LogP contribution in [0.15, 0.2) is 36.7 Å². The second kappa shape index (κ2) is 4.62. The fourth-order valence-corrected chi connectivity index (χ4v) is 3.29. The Balaban J connectivity index is 1.80. The monoisotopic (exact) mass is 277 g/mol. The van der Waals surface area contributed by atoms with Crippen LogP contribution in [-0.2, 0) is 13.0 Å². The van der Waals surface area contributed by atoms with Crippen molar-refractivity contribution in [2.75, 3.05) is 11.4 Å². The highest BCUT2D eigenvalue weighted by atomic mass is 15.1. The third-order valence-corrected chi connectivity index (χ3v) is 4.68. The molecule has 0 unspecified atom stereocenters. The highest BCUT2D eigenvalue weighted by Gasteiger charge is 2.19. The van der Waals surface area contributed by atoms with Crippen LogP contribution in [0.4, 0.5) is 5.69 Å². The van der Waals surface area contributed by atoms with Crippen LogP contribution in [0, 0.1) is 13.8 Å². The van der Waals surface area contributed by atoms with Crippen LogP contribution >= 0.6 is 0 Å². The summed E-state index contributed by atoms with van der Waals surface area (Å²) in [6.07, 6.45) is 5.06. The molecule has 0 atom stereocenters. The molecule has 1 aromatic carbocycles. The zero-order valence-corrected chi connectivity index (χ0v) is 12.5. The quantitative estimate of drug-likeness (QED) is 0.734. The SMILES string of the molecule is Cc1[nH]c2c(N3CCc4ccccc4C3)cncc2c1C. The van der Waals surface area contributed by atoms with Crippen LogP contribution < -0.4 is 4.90 Å². The lowest BCUT2D eigenvalue weighted by molar-refractivity contribution is 0.732. The topological polar surface area (TPSA) is 31.9 Å². The van der Waals surface area contributed by atoms with Gasteiger partial charge in [0.25, 0.3) is 0 Å². The van der Waals surface area contributed by atoms with Crippen LogP contribution in [0.25, 0.3) is 10.9 Å². The minimum absolute atomic E-state index is 0.966. The van der Waals surface area contributed by atoms with E-state index in [1.165, 1.54) is 39.0 Å². The molecule has 4 rings (SSSR count). The van der Waals surface area contributed by atoms with Crippen molar-refractivity contribution >= 4 is 16.6 Å². The maximum Gasteiger partial charge on any atom is 0.0801 e. The zero-order valence-electron chi connectivity index (χ0n) is 12.5. The number of nitrogens with one attached hydrogen (secondary N) is 1. The third-order valence-electron chi connectivity index (χ3n) is 4.68. The Labute approximate surface area is 124 Å². The maximum absolute atomic E-state index is 4.46. The van der Waals surface area contributed by atoms with Crippen molar-refractivity contribution in [3.63, 3.8) is 0 Å². The van der Waals surface area contributed by atoms with E-state index in [0.29, 0.717) is 0 Å². The summed E-state index contributed by atoms with van der Waals surface area (Å²) < 4.78 is 0. The molecule has 1 aliphatic rings. The molecule has 3 nitrogen and oxygen atoms in total. The Bertz CT molecular complexity index is 816. The van der Waals surface area contributed by atoms with Gasteiger partial charge in [0.1, 0.15) is 0 Å². The van der Waals surface area contributed by atoms with Crippen LogP contribution in [0.5, 0.6) is 0 Å². The number of rotatable bonds is 1. The van der Waals surface area contributed by atoms with E-state index < -0.39 is 0 Å². The Hall–Kier alpha value is -2.29. The van der Waals surface area contributed by atoms with Crippen molar-refractivity contribution in [3.05, 3.63) is 59.0 Å². The normalized spacial score (nSPS) is 14.5. The van der Waals surface area contributed by atoms with Crippen LogP contribution in [-0.4, -0.2) is 16.5 Å². The van der Waals surface area contributed by atoms with E-state index in [-0.39, 0.29) is 0 Å². The molecular formula is C18H19N3. The predicted octanol–water partition coefficient (Wildman–Crippen LogP) is 3.74. The van der Waals surface area contributed by atoms with Crippen molar-refractivity contribution in [2.24, 2.45) is 0 Å². The molecule has 0 saturated carbocycles. The van der Waals surface area contributed by atoms with E-state index in [2.05, 4.69) is 53.0 Å². The van der Waals surface area contributed by atoms with Crippen molar-refractivity contribution < 1.29 is 0 Å². The molecule has 0 amide bonds. The highest BCUT2D eigenvalue weighted by molar-refractivity contribution is 5.93. The van der Waals surface area contributed by atoms with E-state index in [1.807, 2.05) is 12.4 Å². The lowest BCUT2D eigenvalue weighted by Crippen LogP contribution is -2.30. The smallest absolute Gasteiger partial charge is 0.0801 e. The van der Waals surface area contributed by atoms with Crippen LogP contribution in [0.2, 0.25) is 0 Å². The first-order valence-electron chi connectivity index (χ1n) is 7.48. The Morgan fingerprint density at radius 3 is 2.76 bits per heavy atom. The second-order valence-electron chi connectivity index (χ2n) is 5.90. The molecule has 106 valence electrons. The van der Waals surface area contributed by atoms with Gasteiger partial charge in [-0.25, -0.2) is 0 Å². The summed E-state index contributed by atoms with van der Waals surface area (Å²) in [7, 11) is 0. The number of H-pyrrole nitrogens is 1. The minimum Gasteiger partial charge on any atom is -0.364 e. The molecule has 3 heteroatoms. The van der Waals surface area contributed by atoms with Gasteiger partial charge in [-0.1, -0.05) is 24.3 Å². The summed E-state index contributed by atoms with van der Waals surface area (Å²) in [5.74, 6) is 0. The average molecular weight is 277 g/mol. The number of aromatic amines is 1. The molecule has 0 radical (unpaired) electrons. The van der Waals surface area contributed by atoms with Crippen molar-refractivity contribution in [1.29, 1.82) is 0 Å². The molecule has 1 N–H and O–H groups in total. The van der Waals surface area contributed by atoms with Gasteiger partial charge < -0.3 is 9.88 Å². The number of fused-ring (bicyclic) bond motifs is 2. The first kappa shape index (κ1) is 12.5. The average Bonchev–Trinajstić information content (AvgIpc) is 2.82. The first-order chi connectivity index (χ1) is 10.2. The number of benzene rings is 1. The summed E-state index contributed by atoms with van der Waals surface area (Å²) >= 11 is 0. The minimum atomic E-state index is 0.966. The summed E-state index contributed by atoms with van der Waals surface area (Å²) in [4.78, 5) is 10.4. The van der Waals surface area contributed by atoms with Gasteiger partial charge in [-0.2, -0.15) is 0 Å². The Morgan fingerprint density at radius 2 is 1.90 bits per heavy atom. The zero-order chi connectivity index (χ0) is 14.4. The number of aromatic nitrogens is 2. The Kier molecular flexibility index (Phi) is 2.74. The molecular weight excluding hydrogens is 258 g/mol. The molecule has 0 spiro atoms. The maximum atomic E-state index is 4.46. The van der Waals surface area contributed by atoms with Gasteiger partial charge in [-0.15, -0.1) is 0 Å². The molecule has 0 saturated heterocycles. The molecule has 0 aliphatic carbocycles. The van der Waals surface area contributed by atoms with Crippen molar-refractivity contribution in [2.45, 2.75) is 26.8 Å². The molecule has 0 fully saturated rings. The van der Waals surface area contributed by atoms with Gasteiger partial charge in [-0.3, -0.25) is 4.98 Å². The number of hydrogen-bond acceptors (Lipinski definition) is 2. The molecule has 1 aliphatic heterocycles. The van der Waals surface area contributed by atoms with Gasteiger partial charge >= 0.3 is 0 Å². The van der Waals surface area contributed by atoms with Crippen LogP contribution in [0.1, 0.15) is 22.4 Å². The van der Waals surface area contributed by atoms with Gasteiger partial charge in [0.15, 0.2) is 0 Å². The van der Waals surface area contributed by atoms with E-state index in [1.54, 1.807) is 0 Å². The lowest BCUT2D eigenvalue weighted by Gasteiger charge is -2.30. The fraction of sp³-hybridized carbons (Fsp3) is 0.278. The number of aryl methyl sites for hydroxylation is 2. The largest absolute Gasteiger partial charge is 0.364 e. The van der Waals surface area contributed by atoms with Crippen molar-refractivity contribution in [1.82, 2.24) is 9.97 Å². The van der Waals surface area contributed by atoms with Gasteiger partial charge in [0, 0.05) is 30.4 Å². The summed E-state index contributed by atoms with van der Waals surface area (Å²) in [5, 5.41) is 1.24. The van der Waals surface area contributed by atoms with E-state index in [9.17, 15) is 0 Å². The number of hydrogen-bond donors (Lipinski definition) is 1. The number of pyridine rings is 1. The Morgan fingerprint density at radius 1 is 1.10 bits per heavy atom. The summed E-state index contributed by atoms with van der Waals surface area (Å²) in [6, 6.07) is 8.74.